The molecule has 0 aliphatic rings. The quantitative estimate of drug-likeness (QED) is 0.829. The van der Waals surface area contributed by atoms with Crippen molar-refractivity contribution in [2.75, 3.05) is 6.54 Å². The Hall–Kier alpha value is -1.98. The number of carbonyl (C=O) groups is 1. The third-order valence-electron chi connectivity index (χ3n) is 2.77. The van der Waals surface area contributed by atoms with Gasteiger partial charge in [0.25, 0.3) is 0 Å². The molecule has 0 saturated carbocycles. The minimum atomic E-state index is -1.05. The molecule has 0 saturated heterocycles. The van der Waals surface area contributed by atoms with E-state index in [4.69, 9.17) is 0 Å². The number of nitrogens with one attached hydrogen (secondary N) is 1. The van der Waals surface area contributed by atoms with Crippen LogP contribution in [-0.2, 0) is 10.4 Å². The number of nitrogens with zero attached hydrogens (tertiary/aromatic N) is 1. The molecule has 1 amide bonds. The van der Waals surface area contributed by atoms with Crippen LogP contribution >= 0.6 is 11.3 Å². The highest BCUT2D eigenvalue weighted by atomic mass is 32.1. The van der Waals surface area contributed by atoms with Gasteiger partial charge in [-0.3, -0.25) is 9.78 Å². The van der Waals surface area contributed by atoms with Crippen molar-refractivity contribution < 1.29 is 9.90 Å². The van der Waals surface area contributed by atoms with E-state index in [2.05, 4.69) is 10.3 Å². The number of hydrogen-bond donors (Lipinski definition) is 2. The highest BCUT2D eigenvalue weighted by Gasteiger charge is 2.24. The molecule has 2 aromatic rings. The minimum absolute atomic E-state index is 0.170. The number of thiophene rings is 1. The molecule has 0 radical (unpaired) electrons. The summed E-state index contributed by atoms with van der Waals surface area (Å²) in [6, 6.07) is 7.39. The fraction of sp³-hybridized carbons (Fsp3) is 0.200. The highest BCUT2D eigenvalue weighted by molar-refractivity contribution is 7.10. The molecule has 0 aliphatic carbocycles. The molecular weight excluding hydrogens is 272 g/mol. The van der Waals surface area contributed by atoms with E-state index in [0.717, 1.165) is 10.4 Å². The van der Waals surface area contributed by atoms with Crippen molar-refractivity contribution in [2.24, 2.45) is 0 Å². The Bertz CT molecular complexity index is 577. The van der Waals surface area contributed by atoms with Crippen LogP contribution in [0.5, 0.6) is 0 Å². The fourth-order valence-electron chi connectivity index (χ4n) is 1.64. The molecule has 2 aromatic heterocycles. The Morgan fingerprint density at radius 2 is 2.35 bits per heavy atom. The van der Waals surface area contributed by atoms with Crippen LogP contribution in [0, 0.1) is 0 Å². The SMILES string of the molecule is C[C@@](O)(CNC(=O)/C=C/c1cccnc1)c1cccs1. The number of aliphatic hydroxyl groups is 1. The smallest absolute Gasteiger partial charge is 0.244 e. The van der Waals surface area contributed by atoms with Crippen molar-refractivity contribution in [1.82, 2.24) is 10.3 Å². The average molecular weight is 288 g/mol. The van der Waals surface area contributed by atoms with Gasteiger partial charge in [-0.15, -0.1) is 11.3 Å². The van der Waals surface area contributed by atoms with E-state index in [9.17, 15) is 9.90 Å². The van der Waals surface area contributed by atoms with Gasteiger partial charge in [0, 0.05) is 23.3 Å². The van der Waals surface area contributed by atoms with Crippen LogP contribution in [-0.4, -0.2) is 22.5 Å². The molecule has 104 valence electrons. The summed E-state index contributed by atoms with van der Waals surface area (Å²) in [6.07, 6.45) is 6.46. The van der Waals surface area contributed by atoms with Crippen LogP contribution in [0.2, 0.25) is 0 Å². The lowest BCUT2D eigenvalue weighted by atomic mass is 10.1. The van der Waals surface area contributed by atoms with Crippen molar-refractivity contribution in [3.8, 4) is 0 Å². The molecule has 5 heteroatoms. The highest BCUT2D eigenvalue weighted by Crippen LogP contribution is 2.24. The van der Waals surface area contributed by atoms with Gasteiger partial charge in [-0.1, -0.05) is 12.1 Å². The lowest BCUT2D eigenvalue weighted by Gasteiger charge is -2.21. The predicted octanol–water partition coefficient (Wildman–Crippen LogP) is 2.18. The van der Waals surface area contributed by atoms with Gasteiger partial charge in [0.1, 0.15) is 5.60 Å². The standard InChI is InChI=1S/C15H16N2O2S/c1-15(19,13-5-3-9-20-13)11-17-14(18)7-6-12-4-2-8-16-10-12/h2-10,19H,11H2,1H3,(H,17,18)/b7-6+/t15-/m1/s1. The van der Waals surface area contributed by atoms with Gasteiger partial charge < -0.3 is 10.4 Å². The Morgan fingerprint density at radius 3 is 3.00 bits per heavy atom. The first kappa shape index (κ1) is 14.4. The van der Waals surface area contributed by atoms with E-state index >= 15 is 0 Å². The van der Waals surface area contributed by atoms with E-state index in [1.54, 1.807) is 31.5 Å². The van der Waals surface area contributed by atoms with E-state index in [-0.39, 0.29) is 12.5 Å². The normalized spacial score (nSPS) is 14.1. The second-order valence-corrected chi connectivity index (χ2v) is 5.54. The molecule has 2 heterocycles. The van der Waals surface area contributed by atoms with E-state index in [1.165, 1.54) is 17.4 Å². The maximum absolute atomic E-state index is 11.7. The monoisotopic (exact) mass is 288 g/mol. The average Bonchev–Trinajstić information content (AvgIpc) is 2.99. The molecule has 0 spiro atoms. The summed E-state index contributed by atoms with van der Waals surface area (Å²) < 4.78 is 0. The van der Waals surface area contributed by atoms with Gasteiger partial charge in [-0.25, -0.2) is 0 Å². The zero-order chi connectivity index (χ0) is 14.4. The summed E-state index contributed by atoms with van der Waals surface area (Å²) in [4.78, 5) is 16.5. The Kier molecular flexibility index (Phi) is 4.65. The largest absolute Gasteiger partial charge is 0.383 e. The first-order valence-electron chi connectivity index (χ1n) is 6.20. The van der Waals surface area contributed by atoms with Crippen LogP contribution in [0.3, 0.4) is 0 Å². The first-order chi connectivity index (χ1) is 9.58. The topological polar surface area (TPSA) is 62.2 Å². The number of pyridine rings is 1. The summed E-state index contributed by atoms with van der Waals surface area (Å²) in [5.41, 5.74) is -0.195. The number of aromatic nitrogens is 1. The third-order valence-corrected chi connectivity index (χ3v) is 3.89. The lowest BCUT2D eigenvalue weighted by Crippen LogP contribution is -2.37. The Morgan fingerprint density at radius 1 is 1.50 bits per heavy atom. The number of hydrogen-bond acceptors (Lipinski definition) is 4. The Labute approximate surface area is 121 Å². The van der Waals surface area contributed by atoms with Gasteiger partial charge in [0.15, 0.2) is 0 Å². The molecular formula is C15H16N2O2S. The zero-order valence-corrected chi connectivity index (χ0v) is 11.9. The van der Waals surface area contributed by atoms with E-state index < -0.39 is 5.60 Å². The molecule has 0 unspecified atom stereocenters. The Balaban J connectivity index is 1.88. The molecule has 0 bridgehead atoms. The first-order valence-corrected chi connectivity index (χ1v) is 7.08. The van der Waals surface area contributed by atoms with Gasteiger partial charge in [0.05, 0.1) is 6.54 Å². The summed E-state index contributed by atoms with van der Waals surface area (Å²) in [5, 5.41) is 14.9. The summed E-state index contributed by atoms with van der Waals surface area (Å²) in [5.74, 6) is -0.245. The molecule has 2 N–H and O–H groups in total. The molecule has 2 rings (SSSR count). The summed E-state index contributed by atoms with van der Waals surface area (Å²) >= 11 is 1.46. The van der Waals surface area contributed by atoms with Crippen molar-refractivity contribution in [3.63, 3.8) is 0 Å². The van der Waals surface area contributed by atoms with E-state index in [0.29, 0.717) is 0 Å². The van der Waals surface area contributed by atoms with Crippen molar-refractivity contribution in [3.05, 3.63) is 58.6 Å². The predicted molar refractivity (Wildman–Crippen MR) is 80.2 cm³/mol. The zero-order valence-electron chi connectivity index (χ0n) is 11.1. The molecule has 0 aliphatic heterocycles. The van der Waals surface area contributed by atoms with Crippen molar-refractivity contribution >= 4 is 23.3 Å². The van der Waals surface area contributed by atoms with Crippen LogP contribution in [0.1, 0.15) is 17.4 Å². The number of amides is 1. The maximum Gasteiger partial charge on any atom is 0.244 e. The molecule has 20 heavy (non-hydrogen) atoms. The fourth-order valence-corrected chi connectivity index (χ4v) is 2.42. The van der Waals surface area contributed by atoms with E-state index in [1.807, 2.05) is 23.6 Å². The van der Waals surface area contributed by atoms with Gasteiger partial charge in [-0.2, -0.15) is 0 Å². The van der Waals surface area contributed by atoms with Crippen LogP contribution < -0.4 is 5.32 Å². The van der Waals surface area contributed by atoms with Crippen molar-refractivity contribution in [2.45, 2.75) is 12.5 Å². The molecule has 4 nitrogen and oxygen atoms in total. The maximum atomic E-state index is 11.7. The molecule has 0 aromatic carbocycles. The minimum Gasteiger partial charge on any atom is -0.383 e. The number of carbonyl (C=O) groups excluding carboxylic acids is 1. The lowest BCUT2D eigenvalue weighted by molar-refractivity contribution is -0.117. The van der Waals surface area contributed by atoms with Crippen LogP contribution in [0.15, 0.2) is 48.1 Å². The molecule has 1 atom stereocenters. The number of rotatable bonds is 5. The van der Waals surface area contributed by atoms with Gasteiger partial charge in [0.2, 0.25) is 5.91 Å². The van der Waals surface area contributed by atoms with Crippen LogP contribution in [0.25, 0.3) is 6.08 Å². The summed E-state index contributed by atoms with van der Waals surface area (Å²) in [7, 11) is 0. The molecule has 0 fully saturated rings. The van der Waals surface area contributed by atoms with Crippen molar-refractivity contribution in [1.29, 1.82) is 0 Å². The van der Waals surface area contributed by atoms with Gasteiger partial charge in [-0.05, 0) is 36.1 Å². The van der Waals surface area contributed by atoms with Crippen LogP contribution in [0.4, 0.5) is 0 Å². The summed E-state index contributed by atoms with van der Waals surface area (Å²) in [6.45, 7) is 1.85. The van der Waals surface area contributed by atoms with Gasteiger partial charge >= 0.3 is 0 Å². The second-order valence-electron chi connectivity index (χ2n) is 4.59. The third kappa shape index (κ3) is 4.01. The second kappa shape index (κ2) is 6.45.